The van der Waals surface area contributed by atoms with Gasteiger partial charge in [-0.3, -0.25) is 4.79 Å². The zero-order valence-electron chi connectivity index (χ0n) is 17.7. The van der Waals surface area contributed by atoms with Gasteiger partial charge in [0.2, 0.25) is 11.7 Å². The number of aromatic amines is 1. The second-order valence-electron chi connectivity index (χ2n) is 6.70. The van der Waals surface area contributed by atoms with Crippen LogP contribution in [0.3, 0.4) is 0 Å². The molecule has 1 aliphatic rings. The number of hydrogen-bond donors (Lipinski definition) is 2. The zero-order chi connectivity index (χ0) is 22.7. The van der Waals surface area contributed by atoms with Gasteiger partial charge < -0.3 is 29.2 Å². The van der Waals surface area contributed by atoms with Gasteiger partial charge in [0.25, 0.3) is 0 Å². The second-order valence-corrected chi connectivity index (χ2v) is 6.70. The van der Waals surface area contributed by atoms with Crippen LogP contribution in [0.5, 0.6) is 11.5 Å². The van der Waals surface area contributed by atoms with Crippen LogP contribution in [-0.4, -0.2) is 42.5 Å². The van der Waals surface area contributed by atoms with E-state index in [-0.39, 0.29) is 23.8 Å². The van der Waals surface area contributed by atoms with Crippen molar-refractivity contribution in [3.8, 4) is 11.5 Å². The summed E-state index contributed by atoms with van der Waals surface area (Å²) in [5.41, 5.74) is 1.62. The third-order valence-corrected chi connectivity index (χ3v) is 4.80. The van der Waals surface area contributed by atoms with Gasteiger partial charge >= 0.3 is 5.97 Å². The van der Waals surface area contributed by atoms with Gasteiger partial charge in [0.15, 0.2) is 11.3 Å². The number of pyridine rings is 1. The molecule has 2 aromatic heterocycles. The minimum Gasteiger partial charge on any atom is -0.497 e. The molecule has 0 atom stereocenters. The van der Waals surface area contributed by atoms with Crippen LogP contribution in [0, 0.1) is 0 Å². The molecule has 9 heteroatoms. The van der Waals surface area contributed by atoms with E-state index in [1.165, 1.54) is 7.11 Å². The Morgan fingerprint density at radius 1 is 1.25 bits per heavy atom. The number of carbonyl (C=O) groups excluding carboxylic acids is 2. The first kappa shape index (κ1) is 21.0. The summed E-state index contributed by atoms with van der Waals surface area (Å²) in [6.07, 6.45) is 4.93. The molecule has 0 spiro atoms. The van der Waals surface area contributed by atoms with Gasteiger partial charge in [0, 0.05) is 29.4 Å². The number of H-pyrrole nitrogens is 1. The van der Waals surface area contributed by atoms with Crippen LogP contribution in [0.25, 0.3) is 17.1 Å². The van der Waals surface area contributed by atoms with Crippen molar-refractivity contribution in [2.24, 2.45) is 0 Å². The molecule has 164 valence electrons. The van der Waals surface area contributed by atoms with Crippen molar-refractivity contribution in [2.75, 3.05) is 26.1 Å². The van der Waals surface area contributed by atoms with Crippen molar-refractivity contribution in [3.63, 3.8) is 0 Å². The van der Waals surface area contributed by atoms with Gasteiger partial charge in [-0.15, -0.1) is 0 Å². The summed E-state index contributed by atoms with van der Waals surface area (Å²) < 4.78 is 21.5. The molecule has 2 N–H and O–H groups in total. The van der Waals surface area contributed by atoms with Crippen LogP contribution < -0.4 is 14.8 Å². The Hall–Kier alpha value is -4.27. The Morgan fingerprint density at radius 2 is 2.09 bits per heavy atom. The molecule has 0 amide bonds. The molecule has 0 saturated carbocycles. The molecule has 0 aliphatic carbocycles. The number of ketones is 1. The average Bonchev–Trinajstić information content (AvgIpc) is 3.35. The summed E-state index contributed by atoms with van der Waals surface area (Å²) in [4.78, 5) is 32.9. The van der Waals surface area contributed by atoms with Gasteiger partial charge in [0.1, 0.15) is 17.1 Å². The number of nitrogens with zero attached hydrogens (tertiary/aromatic N) is 1. The molecular weight excluding hydrogens is 414 g/mol. The monoisotopic (exact) mass is 435 g/mol. The third-order valence-electron chi connectivity index (χ3n) is 4.80. The van der Waals surface area contributed by atoms with Gasteiger partial charge in [-0.2, -0.15) is 0 Å². The maximum Gasteiger partial charge on any atom is 0.347 e. The number of aromatic nitrogens is 2. The first-order chi connectivity index (χ1) is 15.5. The van der Waals surface area contributed by atoms with Crippen LogP contribution in [0.1, 0.15) is 12.5 Å². The molecule has 9 nitrogen and oxygen atoms in total. The number of esters is 1. The predicted octanol–water partition coefficient (Wildman–Crippen LogP) is 3.41. The van der Waals surface area contributed by atoms with E-state index in [9.17, 15) is 9.59 Å². The highest BCUT2D eigenvalue weighted by molar-refractivity contribution is 6.26. The highest BCUT2D eigenvalue weighted by atomic mass is 16.5. The van der Waals surface area contributed by atoms with Crippen LogP contribution in [-0.2, 0) is 19.1 Å². The minimum absolute atomic E-state index is 0.0206. The number of Topliss-reactive ketones (excluding diaryl/α,β-unsaturated/α-hetero) is 1. The van der Waals surface area contributed by atoms with Crippen LogP contribution in [0.4, 0.5) is 5.69 Å². The number of hydrogen-bond acceptors (Lipinski definition) is 8. The van der Waals surface area contributed by atoms with Gasteiger partial charge in [0.05, 0.1) is 26.5 Å². The fraction of sp³-hybridized carbons (Fsp3) is 0.174. The van der Waals surface area contributed by atoms with E-state index in [2.05, 4.69) is 15.3 Å². The van der Waals surface area contributed by atoms with E-state index in [0.717, 1.165) is 5.39 Å². The summed E-state index contributed by atoms with van der Waals surface area (Å²) in [6.45, 7) is 1.77. The van der Waals surface area contributed by atoms with E-state index in [1.807, 2.05) is 6.07 Å². The molecule has 3 heterocycles. The minimum atomic E-state index is -0.781. The summed E-state index contributed by atoms with van der Waals surface area (Å²) in [7, 11) is 3.04. The number of rotatable bonds is 7. The normalized spacial score (nSPS) is 14.6. The van der Waals surface area contributed by atoms with E-state index in [0.29, 0.717) is 28.4 Å². The van der Waals surface area contributed by atoms with Crippen LogP contribution >= 0.6 is 0 Å². The fourth-order valence-corrected chi connectivity index (χ4v) is 3.27. The van der Waals surface area contributed by atoms with Gasteiger partial charge in [-0.25, -0.2) is 9.78 Å². The summed E-state index contributed by atoms with van der Waals surface area (Å²) in [5, 5.41) is 3.78. The number of methoxy groups -OCH3 is 2. The molecule has 0 saturated heterocycles. The molecule has 0 fully saturated rings. The number of nitrogens with one attached hydrogen (secondary N) is 2. The zero-order valence-corrected chi connectivity index (χ0v) is 17.7. The van der Waals surface area contributed by atoms with Crippen LogP contribution in [0.15, 0.2) is 59.9 Å². The number of benzene rings is 1. The largest absolute Gasteiger partial charge is 0.497 e. The quantitative estimate of drug-likeness (QED) is 0.330. The highest BCUT2D eigenvalue weighted by Gasteiger charge is 2.37. The Kier molecular flexibility index (Phi) is 5.80. The first-order valence-corrected chi connectivity index (χ1v) is 9.82. The lowest BCUT2D eigenvalue weighted by molar-refractivity contribution is -0.139. The number of ether oxygens (including phenoxy) is 4. The van der Waals surface area contributed by atoms with Gasteiger partial charge in [-0.1, -0.05) is 0 Å². The number of anilines is 1. The molecule has 4 rings (SSSR count). The van der Waals surface area contributed by atoms with Crippen molar-refractivity contribution in [1.82, 2.24) is 9.97 Å². The maximum atomic E-state index is 13.1. The highest BCUT2D eigenvalue weighted by Crippen LogP contribution is 2.34. The molecule has 3 aromatic rings. The lowest BCUT2D eigenvalue weighted by atomic mass is 10.1. The van der Waals surface area contributed by atoms with E-state index in [4.69, 9.17) is 18.9 Å². The molecule has 1 aromatic carbocycles. The standard InChI is InChI=1S/C23H21N3O6/c1-4-31-23(28)19-20(27)18(10-13-12-25-21-15(13)6-5-9-24-21)32-22(19)26-16-8-7-14(29-2)11-17(16)30-3/h5-12,26H,4H2,1-3H3,(H,24,25)/b18-10-. The Morgan fingerprint density at radius 3 is 2.84 bits per heavy atom. The van der Waals surface area contributed by atoms with Gasteiger partial charge in [-0.05, 0) is 37.3 Å². The average molecular weight is 435 g/mol. The maximum absolute atomic E-state index is 13.1. The molecular formula is C23H21N3O6. The van der Waals surface area contributed by atoms with E-state index in [1.54, 1.807) is 56.8 Å². The second kappa shape index (κ2) is 8.84. The van der Waals surface area contributed by atoms with E-state index >= 15 is 0 Å². The molecule has 0 unspecified atom stereocenters. The van der Waals surface area contributed by atoms with Crippen molar-refractivity contribution in [3.05, 3.63) is 65.5 Å². The summed E-state index contributed by atoms with van der Waals surface area (Å²) in [6, 6.07) is 8.72. The fourth-order valence-electron chi connectivity index (χ4n) is 3.27. The number of fused-ring (bicyclic) bond motifs is 1. The Labute approximate surface area is 183 Å². The molecule has 1 aliphatic heterocycles. The number of carbonyl (C=O) groups is 2. The molecule has 0 radical (unpaired) electrons. The lowest BCUT2D eigenvalue weighted by Crippen LogP contribution is -2.16. The van der Waals surface area contributed by atoms with Crippen molar-refractivity contribution in [2.45, 2.75) is 6.92 Å². The van der Waals surface area contributed by atoms with Crippen LogP contribution in [0.2, 0.25) is 0 Å². The van der Waals surface area contributed by atoms with Crippen molar-refractivity contribution < 1.29 is 28.5 Å². The molecule has 32 heavy (non-hydrogen) atoms. The smallest absolute Gasteiger partial charge is 0.347 e. The predicted molar refractivity (Wildman–Crippen MR) is 117 cm³/mol. The lowest BCUT2D eigenvalue weighted by Gasteiger charge is -2.13. The summed E-state index contributed by atoms with van der Waals surface area (Å²) in [5.74, 6) is -0.401. The van der Waals surface area contributed by atoms with E-state index < -0.39 is 11.8 Å². The molecule has 0 bridgehead atoms. The summed E-state index contributed by atoms with van der Waals surface area (Å²) >= 11 is 0. The third kappa shape index (κ3) is 3.87. The Balaban J connectivity index is 1.72. The Bertz CT molecular complexity index is 1260. The van der Waals surface area contributed by atoms with Crippen molar-refractivity contribution in [1.29, 1.82) is 0 Å². The van der Waals surface area contributed by atoms with Crippen molar-refractivity contribution >= 4 is 34.5 Å². The topological polar surface area (TPSA) is 112 Å². The SMILES string of the molecule is CCOC(=O)C1=C(Nc2ccc(OC)cc2OC)O/C(=C\c2c[nH]c3ncccc23)C1=O. The first-order valence-electron chi connectivity index (χ1n) is 9.82. The number of allylic oxidation sites excluding steroid dienone is 1.